The second kappa shape index (κ2) is 6.26. The highest BCUT2D eigenvalue weighted by molar-refractivity contribution is 14.1. The zero-order chi connectivity index (χ0) is 12.1. The third-order valence-corrected chi connectivity index (χ3v) is 3.63. The quantitative estimate of drug-likeness (QED) is 0.789. The number of rotatable bonds is 4. The lowest BCUT2D eigenvalue weighted by atomic mass is 10.1. The first-order chi connectivity index (χ1) is 8.25. The van der Waals surface area contributed by atoms with Crippen LogP contribution in [0.1, 0.15) is 5.56 Å². The van der Waals surface area contributed by atoms with E-state index in [0.717, 1.165) is 27.2 Å². The van der Waals surface area contributed by atoms with Crippen LogP contribution in [-0.4, -0.2) is 6.54 Å². The highest BCUT2D eigenvalue weighted by Crippen LogP contribution is 2.22. The molecule has 2 aromatic carbocycles. The molecule has 88 valence electrons. The Labute approximate surface area is 120 Å². The summed E-state index contributed by atoms with van der Waals surface area (Å²) in [5, 5.41) is 4.20. The molecule has 0 saturated carbocycles. The van der Waals surface area contributed by atoms with E-state index in [2.05, 4.69) is 52.2 Å². The topological polar surface area (TPSA) is 12.0 Å². The lowest BCUT2D eigenvalue weighted by Gasteiger charge is -2.08. The molecular formula is C14H13ClIN. The zero-order valence-electron chi connectivity index (χ0n) is 9.29. The van der Waals surface area contributed by atoms with Gasteiger partial charge < -0.3 is 5.32 Å². The third-order valence-electron chi connectivity index (χ3n) is 2.50. The van der Waals surface area contributed by atoms with Crippen molar-refractivity contribution in [3.63, 3.8) is 0 Å². The van der Waals surface area contributed by atoms with Crippen molar-refractivity contribution in [3.8, 4) is 0 Å². The molecule has 0 fully saturated rings. The van der Waals surface area contributed by atoms with Crippen LogP contribution >= 0.6 is 34.2 Å². The summed E-state index contributed by atoms with van der Waals surface area (Å²) in [7, 11) is 0. The number of anilines is 1. The Kier molecular flexibility index (Phi) is 4.68. The molecule has 0 atom stereocenters. The van der Waals surface area contributed by atoms with Gasteiger partial charge in [-0.05, 0) is 52.8 Å². The van der Waals surface area contributed by atoms with Crippen LogP contribution < -0.4 is 5.32 Å². The molecule has 17 heavy (non-hydrogen) atoms. The van der Waals surface area contributed by atoms with E-state index in [1.54, 1.807) is 0 Å². The maximum Gasteiger partial charge on any atom is 0.0477 e. The van der Waals surface area contributed by atoms with Crippen molar-refractivity contribution in [1.82, 2.24) is 0 Å². The van der Waals surface area contributed by atoms with Gasteiger partial charge in [0.15, 0.2) is 0 Å². The summed E-state index contributed by atoms with van der Waals surface area (Å²) in [6.07, 6.45) is 1.03. The number of nitrogens with one attached hydrogen (secondary N) is 1. The Hall–Kier alpha value is -0.740. The van der Waals surface area contributed by atoms with Gasteiger partial charge in [0.05, 0.1) is 0 Å². The summed E-state index contributed by atoms with van der Waals surface area (Å²) in [6.45, 7) is 0.932. The van der Waals surface area contributed by atoms with Crippen molar-refractivity contribution in [2.75, 3.05) is 11.9 Å². The number of halogens is 2. The fraction of sp³-hybridized carbons (Fsp3) is 0.143. The summed E-state index contributed by atoms with van der Waals surface area (Å²) >= 11 is 8.21. The lowest BCUT2D eigenvalue weighted by molar-refractivity contribution is 1.02. The zero-order valence-corrected chi connectivity index (χ0v) is 12.2. The molecule has 0 aliphatic carbocycles. The Bertz CT molecular complexity index is 485. The van der Waals surface area contributed by atoms with Gasteiger partial charge in [-0.3, -0.25) is 0 Å². The third kappa shape index (κ3) is 3.89. The highest BCUT2D eigenvalue weighted by Gasteiger charge is 1.99. The molecule has 0 radical (unpaired) electrons. The molecule has 0 aliphatic rings. The van der Waals surface area contributed by atoms with Gasteiger partial charge in [-0.1, -0.05) is 41.9 Å². The van der Waals surface area contributed by atoms with Gasteiger partial charge in [0.2, 0.25) is 0 Å². The monoisotopic (exact) mass is 357 g/mol. The fourth-order valence-corrected chi connectivity index (χ4v) is 2.68. The molecule has 2 aromatic rings. The molecule has 0 heterocycles. The Balaban J connectivity index is 1.90. The molecule has 0 spiro atoms. The molecule has 2 rings (SSSR count). The molecule has 1 nitrogen and oxygen atoms in total. The fourth-order valence-electron chi connectivity index (χ4n) is 1.62. The Morgan fingerprint density at radius 1 is 1.06 bits per heavy atom. The van der Waals surface area contributed by atoms with Crippen LogP contribution in [0.4, 0.5) is 5.69 Å². The van der Waals surface area contributed by atoms with Gasteiger partial charge in [-0.2, -0.15) is 0 Å². The summed E-state index contributed by atoms with van der Waals surface area (Å²) in [5.74, 6) is 0. The molecule has 0 unspecified atom stereocenters. The van der Waals surface area contributed by atoms with Crippen LogP contribution in [0.15, 0.2) is 48.5 Å². The second-order valence-electron chi connectivity index (χ2n) is 3.79. The highest BCUT2D eigenvalue weighted by atomic mass is 127. The van der Waals surface area contributed by atoms with Gasteiger partial charge in [-0.15, -0.1) is 0 Å². The van der Waals surface area contributed by atoms with Crippen LogP contribution in [0.25, 0.3) is 0 Å². The maximum absolute atomic E-state index is 5.91. The van der Waals surface area contributed by atoms with E-state index in [9.17, 15) is 0 Å². The first-order valence-electron chi connectivity index (χ1n) is 5.48. The van der Waals surface area contributed by atoms with Crippen LogP contribution in [-0.2, 0) is 6.42 Å². The normalized spacial score (nSPS) is 10.2. The van der Waals surface area contributed by atoms with E-state index in [1.165, 1.54) is 5.56 Å². The number of hydrogen-bond donors (Lipinski definition) is 1. The van der Waals surface area contributed by atoms with Gasteiger partial charge in [-0.25, -0.2) is 0 Å². The first kappa shape index (κ1) is 12.7. The van der Waals surface area contributed by atoms with Gasteiger partial charge in [0, 0.05) is 20.8 Å². The van der Waals surface area contributed by atoms with Crippen molar-refractivity contribution in [3.05, 3.63) is 62.7 Å². The van der Waals surface area contributed by atoms with Gasteiger partial charge in [0.25, 0.3) is 0 Å². The Morgan fingerprint density at radius 2 is 1.82 bits per heavy atom. The van der Waals surface area contributed by atoms with Crippen molar-refractivity contribution >= 4 is 39.9 Å². The maximum atomic E-state index is 5.91. The van der Waals surface area contributed by atoms with E-state index in [-0.39, 0.29) is 0 Å². The predicted molar refractivity (Wildman–Crippen MR) is 82.8 cm³/mol. The summed E-state index contributed by atoms with van der Waals surface area (Å²) in [6, 6.07) is 16.4. The molecule has 0 amide bonds. The second-order valence-corrected chi connectivity index (χ2v) is 5.39. The smallest absolute Gasteiger partial charge is 0.0477 e. The molecule has 0 aromatic heterocycles. The molecule has 0 saturated heterocycles. The van der Waals surface area contributed by atoms with E-state index >= 15 is 0 Å². The number of hydrogen-bond acceptors (Lipinski definition) is 1. The lowest BCUT2D eigenvalue weighted by Crippen LogP contribution is -2.05. The summed E-state index contributed by atoms with van der Waals surface area (Å²) in [4.78, 5) is 0. The summed E-state index contributed by atoms with van der Waals surface area (Å²) in [5.41, 5.74) is 2.50. The van der Waals surface area contributed by atoms with Crippen LogP contribution in [0.5, 0.6) is 0 Å². The molecule has 3 heteroatoms. The van der Waals surface area contributed by atoms with Crippen molar-refractivity contribution in [2.24, 2.45) is 0 Å². The van der Waals surface area contributed by atoms with Crippen molar-refractivity contribution in [1.29, 1.82) is 0 Å². The minimum absolute atomic E-state index is 0.781. The Morgan fingerprint density at radius 3 is 2.53 bits per heavy atom. The van der Waals surface area contributed by atoms with Crippen LogP contribution in [0, 0.1) is 3.57 Å². The predicted octanol–water partition coefficient (Wildman–Crippen LogP) is 4.60. The van der Waals surface area contributed by atoms with Crippen molar-refractivity contribution < 1.29 is 0 Å². The van der Waals surface area contributed by atoms with E-state index in [4.69, 9.17) is 11.6 Å². The molecular weight excluding hydrogens is 345 g/mol. The average Bonchev–Trinajstić information content (AvgIpc) is 2.33. The summed E-state index contributed by atoms with van der Waals surface area (Å²) < 4.78 is 1.16. The van der Waals surface area contributed by atoms with Crippen molar-refractivity contribution in [2.45, 2.75) is 6.42 Å². The van der Waals surface area contributed by atoms with E-state index in [0.29, 0.717) is 0 Å². The molecule has 1 N–H and O–H groups in total. The molecule has 0 aliphatic heterocycles. The SMILES string of the molecule is Clc1ccc(NCCc2ccccc2)c(I)c1. The molecule has 0 bridgehead atoms. The van der Waals surface area contributed by atoms with Gasteiger partial charge in [0.1, 0.15) is 0 Å². The van der Waals surface area contributed by atoms with Crippen LogP contribution in [0.2, 0.25) is 5.02 Å². The van der Waals surface area contributed by atoms with E-state index < -0.39 is 0 Å². The number of benzene rings is 2. The average molecular weight is 358 g/mol. The minimum Gasteiger partial charge on any atom is -0.384 e. The van der Waals surface area contributed by atoms with Crippen LogP contribution in [0.3, 0.4) is 0 Å². The first-order valence-corrected chi connectivity index (χ1v) is 6.94. The van der Waals surface area contributed by atoms with E-state index in [1.807, 2.05) is 24.3 Å². The largest absolute Gasteiger partial charge is 0.384 e. The standard InChI is InChI=1S/C14H13ClIN/c15-12-6-7-14(13(16)10-12)17-9-8-11-4-2-1-3-5-11/h1-7,10,17H,8-9H2. The minimum atomic E-state index is 0.781. The van der Waals surface area contributed by atoms with Gasteiger partial charge >= 0.3 is 0 Å².